The minimum atomic E-state index is -0.809. The van der Waals surface area contributed by atoms with Crippen LogP contribution < -0.4 is 0 Å². The van der Waals surface area contributed by atoms with Crippen molar-refractivity contribution in [1.29, 1.82) is 0 Å². The number of rotatable bonds is 4. The van der Waals surface area contributed by atoms with Gasteiger partial charge in [-0.1, -0.05) is 35.0 Å². The molecular weight excluding hydrogens is 308 g/mol. The third-order valence-electron chi connectivity index (χ3n) is 3.05. The molecule has 1 aromatic carbocycles. The summed E-state index contributed by atoms with van der Waals surface area (Å²) in [6, 6.07) is 12.1. The third-order valence-corrected chi connectivity index (χ3v) is 4.81. The molecule has 2 rings (SSSR count). The van der Waals surface area contributed by atoms with Crippen LogP contribution in [-0.4, -0.2) is 5.11 Å². The summed E-state index contributed by atoms with van der Waals surface area (Å²) < 4.78 is 1.03. The van der Waals surface area contributed by atoms with Gasteiger partial charge in [-0.2, -0.15) is 0 Å². The van der Waals surface area contributed by atoms with Crippen molar-refractivity contribution in [2.45, 2.75) is 32.3 Å². The highest BCUT2D eigenvalue weighted by atomic mass is 79.9. The zero-order chi connectivity index (χ0) is 13.2. The van der Waals surface area contributed by atoms with E-state index >= 15 is 0 Å². The van der Waals surface area contributed by atoms with Crippen molar-refractivity contribution in [2.24, 2.45) is 0 Å². The van der Waals surface area contributed by atoms with Crippen LogP contribution in [0.3, 0.4) is 0 Å². The van der Waals surface area contributed by atoms with Crippen LogP contribution in [0, 0.1) is 0 Å². The Bertz CT molecular complexity index is 514. The van der Waals surface area contributed by atoms with Gasteiger partial charge in [0.2, 0.25) is 0 Å². The van der Waals surface area contributed by atoms with E-state index in [-0.39, 0.29) is 0 Å². The van der Waals surface area contributed by atoms with Gasteiger partial charge >= 0.3 is 0 Å². The molecule has 0 radical (unpaired) electrons. The average Bonchev–Trinajstić information content (AvgIpc) is 2.76. The van der Waals surface area contributed by atoms with Gasteiger partial charge in [-0.25, -0.2) is 0 Å². The molecule has 0 bridgehead atoms. The van der Waals surface area contributed by atoms with Gasteiger partial charge in [0.15, 0.2) is 0 Å². The molecule has 0 aliphatic rings. The summed E-state index contributed by atoms with van der Waals surface area (Å²) in [7, 11) is 0. The molecule has 1 unspecified atom stereocenters. The van der Waals surface area contributed by atoms with Crippen LogP contribution in [0.4, 0.5) is 0 Å². The van der Waals surface area contributed by atoms with Crippen molar-refractivity contribution in [2.75, 3.05) is 0 Å². The maximum atomic E-state index is 10.6. The van der Waals surface area contributed by atoms with E-state index < -0.39 is 5.60 Å². The molecule has 18 heavy (non-hydrogen) atoms. The fraction of sp³-hybridized carbons (Fsp3) is 0.333. The number of benzene rings is 1. The zero-order valence-electron chi connectivity index (χ0n) is 10.6. The molecule has 0 spiro atoms. The van der Waals surface area contributed by atoms with Gasteiger partial charge in [-0.05, 0) is 43.2 Å². The Morgan fingerprint density at radius 2 is 1.72 bits per heavy atom. The van der Waals surface area contributed by atoms with Crippen molar-refractivity contribution >= 4 is 27.3 Å². The van der Waals surface area contributed by atoms with Crippen LogP contribution >= 0.6 is 27.3 Å². The fourth-order valence-corrected chi connectivity index (χ4v) is 3.33. The molecule has 2 aromatic rings. The first-order valence-corrected chi connectivity index (χ1v) is 7.68. The normalized spacial score (nSPS) is 14.4. The molecule has 96 valence electrons. The molecule has 1 nitrogen and oxygen atoms in total. The molecular formula is C15H17BrOS. The fourth-order valence-electron chi connectivity index (χ4n) is 1.96. The molecule has 1 heterocycles. The van der Waals surface area contributed by atoms with Gasteiger partial charge in [0, 0.05) is 20.6 Å². The van der Waals surface area contributed by atoms with Crippen molar-refractivity contribution in [1.82, 2.24) is 0 Å². The van der Waals surface area contributed by atoms with Crippen LogP contribution in [-0.2, 0) is 18.4 Å². The lowest BCUT2D eigenvalue weighted by molar-refractivity contribution is 0.0585. The minimum Gasteiger partial charge on any atom is -0.385 e. The van der Waals surface area contributed by atoms with E-state index in [2.05, 4.69) is 35.0 Å². The zero-order valence-corrected chi connectivity index (χ0v) is 13.0. The van der Waals surface area contributed by atoms with E-state index in [1.165, 1.54) is 9.75 Å². The molecule has 1 atom stereocenters. The molecule has 0 fully saturated rings. The second-order valence-corrected chi connectivity index (χ2v) is 6.85. The highest BCUT2D eigenvalue weighted by Crippen LogP contribution is 2.29. The second-order valence-electron chi connectivity index (χ2n) is 4.68. The summed E-state index contributed by atoms with van der Waals surface area (Å²) in [5, 5.41) is 10.6. The summed E-state index contributed by atoms with van der Waals surface area (Å²) in [6.45, 7) is 4.03. The lowest BCUT2D eigenvalue weighted by Crippen LogP contribution is -2.23. The Labute approximate surface area is 121 Å². The van der Waals surface area contributed by atoms with Crippen LogP contribution in [0.2, 0.25) is 0 Å². The van der Waals surface area contributed by atoms with Crippen molar-refractivity contribution < 1.29 is 5.11 Å². The molecule has 0 amide bonds. The molecule has 0 saturated heterocycles. The SMILES string of the molecule is CCc1ccc(CC(C)(O)c2ccc(Br)cc2)s1. The first-order valence-electron chi connectivity index (χ1n) is 6.07. The Morgan fingerprint density at radius 3 is 2.28 bits per heavy atom. The highest BCUT2D eigenvalue weighted by Gasteiger charge is 2.24. The maximum absolute atomic E-state index is 10.6. The number of hydrogen-bond donors (Lipinski definition) is 1. The van der Waals surface area contributed by atoms with Crippen molar-refractivity contribution in [3.63, 3.8) is 0 Å². The number of thiophene rings is 1. The third kappa shape index (κ3) is 3.22. The molecule has 0 saturated carbocycles. The Balaban J connectivity index is 2.18. The van der Waals surface area contributed by atoms with Gasteiger partial charge in [0.25, 0.3) is 0 Å². The largest absolute Gasteiger partial charge is 0.385 e. The van der Waals surface area contributed by atoms with Crippen molar-refractivity contribution in [3.8, 4) is 0 Å². The van der Waals surface area contributed by atoms with Crippen LogP contribution in [0.15, 0.2) is 40.9 Å². The van der Waals surface area contributed by atoms with E-state index in [1.54, 1.807) is 11.3 Å². The maximum Gasteiger partial charge on any atom is 0.0916 e. The van der Waals surface area contributed by atoms with Crippen molar-refractivity contribution in [3.05, 3.63) is 56.2 Å². The first kappa shape index (κ1) is 13.8. The number of aliphatic hydroxyl groups is 1. The van der Waals surface area contributed by atoms with E-state index in [4.69, 9.17) is 0 Å². The summed E-state index contributed by atoms with van der Waals surface area (Å²) in [4.78, 5) is 2.61. The molecule has 1 aromatic heterocycles. The highest BCUT2D eigenvalue weighted by molar-refractivity contribution is 9.10. The van der Waals surface area contributed by atoms with Crippen LogP contribution in [0.25, 0.3) is 0 Å². The van der Waals surface area contributed by atoms with Crippen LogP contribution in [0.1, 0.15) is 29.2 Å². The Morgan fingerprint density at radius 1 is 1.11 bits per heavy atom. The first-order chi connectivity index (χ1) is 8.51. The summed E-state index contributed by atoms with van der Waals surface area (Å²) >= 11 is 5.20. The lowest BCUT2D eigenvalue weighted by atomic mass is 9.92. The molecule has 0 aliphatic heterocycles. The predicted molar refractivity (Wildman–Crippen MR) is 81.1 cm³/mol. The van der Waals surface area contributed by atoms with Gasteiger partial charge in [-0.15, -0.1) is 11.3 Å². The summed E-state index contributed by atoms with van der Waals surface area (Å²) in [5.41, 5.74) is 0.147. The predicted octanol–water partition coefficient (Wildman–Crippen LogP) is 4.52. The van der Waals surface area contributed by atoms with Gasteiger partial charge in [0.1, 0.15) is 0 Å². The van der Waals surface area contributed by atoms with E-state index in [0.29, 0.717) is 6.42 Å². The summed E-state index contributed by atoms with van der Waals surface area (Å²) in [6.07, 6.45) is 1.73. The van der Waals surface area contributed by atoms with E-state index in [0.717, 1.165) is 16.5 Å². The quantitative estimate of drug-likeness (QED) is 0.876. The number of halogens is 1. The monoisotopic (exact) mass is 324 g/mol. The van der Waals surface area contributed by atoms with E-state index in [9.17, 15) is 5.11 Å². The standard InChI is InChI=1S/C15H17BrOS/c1-3-13-8-9-14(18-13)10-15(2,17)11-4-6-12(16)7-5-11/h4-9,17H,3,10H2,1-2H3. The Kier molecular flexibility index (Phi) is 4.25. The van der Waals surface area contributed by atoms with Gasteiger partial charge < -0.3 is 5.11 Å². The number of aryl methyl sites for hydroxylation is 1. The minimum absolute atomic E-state index is 0.666. The Hall–Kier alpha value is -0.640. The van der Waals surface area contributed by atoms with Gasteiger partial charge in [0.05, 0.1) is 5.60 Å². The molecule has 0 aliphatic carbocycles. The number of hydrogen-bond acceptors (Lipinski definition) is 2. The summed E-state index contributed by atoms with van der Waals surface area (Å²) in [5.74, 6) is 0. The van der Waals surface area contributed by atoms with Crippen LogP contribution in [0.5, 0.6) is 0 Å². The van der Waals surface area contributed by atoms with E-state index in [1.807, 2.05) is 31.2 Å². The molecule has 1 N–H and O–H groups in total. The smallest absolute Gasteiger partial charge is 0.0916 e. The lowest BCUT2D eigenvalue weighted by Gasteiger charge is -2.23. The molecule has 3 heteroatoms. The van der Waals surface area contributed by atoms with Gasteiger partial charge in [-0.3, -0.25) is 0 Å². The topological polar surface area (TPSA) is 20.2 Å². The second kappa shape index (κ2) is 5.55. The average molecular weight is 325 g/mol.